The maximum absolute atomic E-state index is 13.6. The van der Waals surface area contributed by atoms with Crippen molar-refractivity contribution in [1.29, 1.82) is 5.26 Å². The second-order valence-electron chi connectivity index (χ2n) is 7.10. The monoisotopic (exact) mass is 388 g/mol. The second kappa shape index (κ2) is 10.4. The minimum atomic E-state index is -0.569. The number of rotatable bonds is 9. The van der Waals surface area contributed by atoms with E-state index in [0.717, 1.165) is 23.2 Å². The van der Waals surface area contributed by atoms with Crippen LogP contribution in [0.3, 0.4) is 0 Å². The Hall–Kier alpha value is -3.19. The lowest BCUT2D eigenvalue weighted by Gasteiger charge is -2.08. The number of aryl methyl sites for hydroxylation is 1. The van der Waals surface area contributed by atoms with E-state index in [1.165, 1.54) is 43.4 Å². The lowest BCUT2D eigenvalue weighted by atomic mass is 10.1. The number of hydrogen-bond donors (Lipinski definition) is 0. The second-order valence-corrected chi connectivity index (χ2v) is 7.10. The van der Waals surface area contributed by atoms with Crippen LogP contribution < -0.4 is 4.74 Å². The van der Waals surface area contributed by atoms with Gasteiger partial charge >= 0.3 is 0 Å². The number of pyridine rings is 1. The van der Waals surface area contributed by atoms with Crippen molar-refractivity contribution in [1.82, 2.24) is 4.98 Å². The van der Waals surface area contributed by atoms with Crippen LogP contribution in [-0.4, -0.2) is 4.98 Å². The molecule has 0 N–H and O–H groups in total. The first-order valence-corrected chi connectivity index (χ1v) is 10.1. The van der Waals surface area contributed by atoms with Crippen molar-refractivity contribution < 1.29 is 9.13 Å². The Morgan fingerprint density at radius 1 is 0.966 bits per heavy atom. The van der Waals surface area contributed by atoms with Crippen LogP contribution in [0.4, 0.5) is 4.39 Å². The van der Waals surface area contributed by atoms with Gasteiger partial charge in [-0.25, -0.2) is 4.39 Å². The maximum Gasteiger partial charge on any atom is 0.144 e. The highest BCUT2D eigenvalue weighted by Crippen LogP contribution is 2.21. The number of benzene rings is 2. The fraction of sp³-hybridized carbons (Fsp3) is 0.280. The molecule has 0 aliphatic carbocycles. The summed E-state index contributed by atoms with van der Waals surface area (Å²) in [5.41, 5.74) is 4.27. The van der Waals surface area contributed by atoms with Gasteiger partial charge in [-0.05, 0) is 42.2 Å². The van der Waals surface area contributed by atoms with Crippen molar-refractivity contribution >= 4 is 0 Å². The minimum Gasteiger partial charge on any atom is -0.489 e. The third-order valence-electron chi connectivity index (χ3n) is 4.86. The molecular formula is C25H25FN2O. The van der Waals surface area contributed by atoms with E-state index in [1.807, 2.05) is 30.5 Å². The van der Waals surface area contributed by atoms with Crippen LogP contribution in [0.25, 0.3) is 11.3 Å². The molecule has 3 rings (SSSR count). The van der Waals surface area contributed by atoms with Crippen LogP contribution in [0.5, 0.6) is 5.75 Å². The highest BCUT2D eigenvalue weighted by Gasteiger charge is 2.05. The molecule has 0 aliphatic heterocycles. The molecule has 3 nitrogen and oxygen atoms in total. The van der Waals surface area contributed by atoms with Gasteiger partial charge in [-0.3, -0.25) is 4.98 Å². The summed E-state index contributed by atoms with van der Waals surface area (Å²) in [6.45, 7) is 2.55. The smallest absolute Gasteiger partial charge is 0.144 e. The average molecular weight is 388 g/mol. The van der Waals surface area contributed by atoms with E-state index in [0.29, 0.717) is 12.4 Å². The molecule has 1 aromatic heterocycles. The van der Waals surface area contributed by atoms with Crippen LogP contribution in [0, 0.1) is 17.1 Å². The van der Waals surface area contributed by atoms with Crippen LogP contribution in [0.1, 0.15) is 49.3 Å². The molecule has 0 fully saturated rings. The van der Waals surface area contributed by atoms with Gasteiger partial charge in [-0.1, -0.05) is 56.5 Å². The van der Waals surface area contributed by atoms with E-state index in [-0.39, 0.29) is 5.56 Å². The summed E-state index contributed by atoms with van der Waals surface area (Å²) in [6.07, 6.45) is 8.09. The van der Waals surface area contributed by atoms with E-state index in [1.54, 1.807) is 12.1 Å². The molecule has 148 valence electrons. The molecule has 0 saturated carbocycles. The highest BCUT2D eigenvalue weighted by atomic mass is 19.1. The zero-order valence-corrected chi connectivity index (χ0v) is 16.7. The van der Waals surface area contributed by atoms with Crippen molar-refractivity contribution in [2.45, 2.75) is 45.6 Å². The summed E-state index contributed by atoms with van der Waals surface area (Å²) in [5.74, 6) is -0.165. The van der Waals surface area contributed by atoms with Gasteiger partial charge < -0.3 is 4.74 Å². The average Bonchev–Trinajstić information content (AvgIpc) is 2.76. The molecule has 0 saturated heterocycles. The zero-order chi connectivity index (χ0) is 20.5. The van der Waals surface area contributed by atoms with Crippen LogP contribution in [-0.2, 0) is 13.0 Å². The lowest BCUT2D eigenvalue weighted by Crippen LogP contribution is -1.96. The minimum absolute atomic E-state index is 0.0150. The first-order valence-electron chi connectivity index (χ1n) is 10.1. The van der Waals surface area contributed by atoms with E-state index >= 15 is 0 Å². The third kappa shape index (κ3) is 5.89. The molecule has 0 spiro atoms. The number of nitrogens with zero attached hydrogens (tertiary/aromatic N) is 2. The fourth-order valence-electron chi connectivity index (χ4n) is 3.11. The zero-order valence-electron chi connectivity index (χ0n) is 16.7. The molecule has 3 aromatic rings. The molecule has 29 heavy (non-hydrogen) atoms. The standard InChI is InChI=1S/C25H25FN2O/c1-2-3-4-5-6-19-9-14-25(28-17-19)21-10-7-20(8-11-21)18-29-23-13-12-22(16-27)24(26)15-23/h7-15,17H,2-6,18H2,1H3. The van der Waals surface area contributed by atoms with Gasteiger partial charge in [0.1, 0.15) is 24.2 Å². The number of halogens is 1. The number of aromatic nitrogens is 1. The van der Waals surface area contributed by atoms with E-state index in [9.17, 15) is 4.39 Å². The Balaban J connectivity index is 1.55. The fourth-order valence-corrected chi connectivity index (χ4v) is 3.11. The molecule has 0 unspecified atom stereocenters. The number of unbranched alkanes of at least 4 members (excludes halogenated alkanes) is 3. The first-order chi connectivity index (χ1) is 14.2. The molecular weight excluding hydrogens is 363 g/mol. The quantitative estimate of drug-likeness (QED) is 0.395. The van der Waals surface area contributed by atoms with Crippen molar-refractivity contribution in [3.63, 3.8) is 0 Å². The summed E-state index contributed by atoms with van der Waals surface area (Å²) in [4.78, 5) is 4.60. The number of hydrogen-bond acceptors (Lipinski definition) is 3. The van der Waals surface area contributed by atoms with Gasteiger partial charge in [0, 0.05) is 17.8 Å². The molecule has 4 heteroatoms. The van der Waals surface area contributed by atoms with Crippen LogP contribution in [0.15, 0.2) is 60.8 Å². The Morgan fingerprint density at radius 3 is 2.41 bits per heavy atom. The first kappa shape index (κ1) is 20.5. The molecule has 0 amide bonds. The maximum atomic E-state index is 13.6. The van der Waals surface area contributed by atoms with Crippen molar-refractivity contribution in [2.75, 3.05) is 0 Å². The number of ether oxygens (including phenoxy) is 1. The van der Waals surface area contributed by atoms with Crippen LogP contribution in [0.2, 0.25) is 0 Å². The van der Waals surface area contributed by atoms with E-state index in [4.69, 9.17) is 10.00 Å². The predicted molar refractivity (Wildman–Crippen MR) is 113 cm³/mol. The normalized spacial score (nSPS) is 10.5. The largest absolute Gasteiger partial charge is 0.489 e. The highest BCUT2D eigenvalue weighted by molar-refractivity contribution is 5.59. The van der Waals surface area contributed by atoms with Gasteiger partial charge in [0.05, 0.1) is 11.3 Å². The van der Waals surface area contributed by atoms with Crippen molar-refractivity contribution in [2.24, 2.45) is 0 Å². The SMILES string of the molecule is CCCCCCc1ccc(-c2ccc(COc3ccc(C#N)c(F)c3)cc2)nc1. The summed E-state index contributed by atoms with van der Waals surface area (Å²) in [5, 5.41) is 8.77. The molecule has 0 bridgehead atoms. The summed E-state index contributed by atoms with van der Waals surface area (Å²) >= 11 is 0. The van der Waals surface area contributed by atoms with Gasteiger partial charge in [0.25, 0.3) is 0 Å². The Morgan fingerprint density at radius 2 is 1.76 bits per heavy atom. The summed E-state index contributed by atoms with van der Waals surface area (Å²) in [7, 11) is 0. The topological polar surface area (TPSA) is 45.9 Å². The predicted octanol–water partition coefficient (Wildman–Crippen LogP) is 6.46. The molecule has 0 atom stereocenters. The Kier molecular flexibility index (Phi) is 7.35. The van der Waals surface area contributed by atoms with Crippen molar-refractivity contribution in [3.8, 4) is 23.1 Å². The van der Waals surface area contributed by atoms with Gasteiger partial charge in [-0.2, -0.15) is 5.26 Å². The van der Waals surface area contributed by atoms with Gasteiger partial charge in [0.2, 0.25) is 0 Å². The summed E-state index contributed by atoms with van der Waals surface area (Å²) in [6, 6.07) is 18.3. The number of nitriles is 1. The third-order valence-corrected chi connectivity index (χ3v) is 4.86. The summed E-state index contributed by atoms with van der Waals surface area (Å²) < 4.78 is 19.3. The molecule has 1 heterocycles. The molecule has 0 radical (unpaired) electrons. The van der Waals surface area contributed by atoms with E-state index < -0.39 is 5.82 Å². The molecule has 0 aliphatic rings. The van der Waals surface area contributed by atoms with Crippen LogP contribution >= 0.6 is 0 Å². The van der Waals surface area contributed by atoms with Gasteiger partial charge in [0.15, 0.2) is 0 Å². The van der Waals surface area contributed by atoms with Gasteiger partial charge in [-0.15, -0.1) is 0 Å². The van der Waals surface area contributed by atoms with E-state index in [2.05, 4.69) is 24.0 Å². The molecule has 2 aromatic carbocycles. The Bertz CT molecular complexity index is 960. The lowest BCUT2D eigenvalue weighted by molar-refractivity contribution is 0.304. The Labute approximate surface area is 171 Å². The van der Waals surface area contributed by atoms with Crippen molar-refractivity contribution in [3.05, 3.63) is 83.3 Å².